The molecule has 4 amide bonds. The molecule has 6 rings (SSSR count). The van der Waals surface area contributed by atoms with Crippen molar-refractivity contribution in [2.24, 2.45) is 0 Å². The van der Waals surface area contributed by atoms with Crippen LogP contribution < -0.4 is 9.80 Å². The molecular weight excluding hydrogens is 460 g/mol. The van der Waals surface area contributed by atoms with Gasteiger partial charge in [-0.2, -0.15) is 0 Å². The number of barbiturate groups is 1. The Kier molecular flexibility index (Phi) is 5.38. The van der Waals surface area contributed by atoms with E-state index in [4.69, 9.17) is 0 Å². The maximum atomic E-state index is 13.9. The Bertz CT molecular complexity index is 1620. The van der Waals surface area contributed by atoms with Crippen LogP contribution in [-0.4, -0.2) is 17.8 Å². The molecule has 5 nitrogen and oxygen atoms in total. The Morgan fingerprint density at radius 1 is 0.514 bits per heavy atom. The molecule has 1 aliphatic heterocycles. The van der Waals surface area contributed by atoms with Crippen molar-refractivity contribution < 1.29 is 14.4 Å². The number of anilines is 2. The Labute approximate surface area is 213 Å². The topological polar surface area (TPSA) is 57.7 Å². The molecule has 5 aromatic carbocycles. The van der Waals surface area contributed by atoms with Gasteiger partial charge in [-0.05, 0) is 69.9 Å². The van der Waals surface area contributed by atoms with Crippen molar-refractivity contribution in [1.82, 2.24) is 0 Å². The zero-order valence-corrected chi connectivity index (χ0v) is 20.1. The minimum atomic E-state index is -0.705. The molecule has 0 spiro atoms. The van der Waals surface area contributed by atoms with Gasteiger partial charge in [-0.3, -0.25) is 9.59 Å². The van der Waals surface area contributed by atoms with Crippen molar-refractivity contribution >= 4 is 56.8 Å². The van der Waals surface area contributed by atoms with E-state index in [1.165, 1.54) is 0 Å². The van der Waals surface area contributed by atoms with Crippen molar-refractivity contribution in [2.75, 3.05) is 9.80 Å². The molecule has 0 aromatic heterocycles. The summed E-state index contributed by atoms with van der Waals surface area (Å²) >= 11 is 0. The van der Waals surface area contributed by atoms with Gasteiger partial charge in [0.15, 0.2) is 0 Å². The second-order valence-corrected chi connectivity index (χ2v) is 8.92. The number of benzene rings is 5. The molecule has 1 fully saturated rings. The minimum Gasteiger partial charge on any atom is -0.268 e. The zero-order chi connectivity index (χ0) is 25.5. The third-order valence-corrected chi connectivity index (χ3v) is 6.81. The van der Waals surface area contributed by atoms with Gasteiger partial charge in [-0.15, -0.1) is 0 Å². The van der Waals surface area contributed by atoms with Crippen LogP contribution in [0.2, 0.25) is 0 Å². The maximum Gasteiger partial charge on any atom is 0.343 e. The number of carbonyl (C=O) groups excluding carboxylic acids is 3. The number of hydrogen-bond acceptors (Lipinski definition) is 3. The number of para-hydroxylation sites is 2. The number of nitrogens with zero attached hydrogens (tertiary/aromatic N) is 2. The van der Waals surface area contributed by atoms with E-state index in [1.54, 1.807) is 54.6 Å². The van der Waals surface area contributed by atoms with Gasteiger partial charge >= 0.3 is 6.03 Å². The van der Waals surface area contributed by atoms with E-state index in [-0.39, 0.29) is 5.57 Å². The van der Waals surface area contributed by atoms with E-state index >= 15 is 0 Å². The predicted octanol–water partition coefficient (Wildman–Crippen LogP) is 6.88. The van der Waals surface area contributed by atoms with Gasteiger partial charge in [0, 0.05) is 0 Å². The lowest BCUT2D eigenvalue weighted by molar-refractivity contribution is -0.121. The fourth-order valence-electron chi connectivity index (χ4n) is 5.02. The molecule has 1 heterocycles. The van der Waals surface area contributed by atoms with Gasteiger partial charge in [0.1, 0.15) is 5.57 Å². The number of fused-ring (bicyclic) bond motifs is 2. The van der Waals surface area contributed by atoms with Gasteiger partial charge in [-0.1, -0.05) is 84.9 Å². The first-order valence-corrected chi connectivity index (χ1v) is 12.0. The van der Waals surface area contributed by atoms with Crippen LogP contribution in [-0.2, 0) is 9.59 Å². The quantitative estimate of drug-likeness (QED) is 0.160. The number of rotatable bonds is 3. The number of aryl methyl sites for hydroxylation is 1. The van der Waals surface area contributed by atoms with Crippen molar-refractivity contribution in [3.05, 3.63) is 126 Å². The lowest BCUT2D eigenvalue weighted by Crippen LogP contribution is -2.57. The summed E-state index contributed by atoms with van der Waals surface area (Å²) in [5, 5.41) is 3.95. The van der Waals surface area contributed by atoms with Crippen molar-refractivity contribution in [2.45, 2.75) is 6.92 Å². The normalized spacial score (nSPS) is 14.1. The van der Waals surface area contributed by atoms with E-state index in [0.717, 1.165) is 42.5 Å². The van der Waals surface area contributed by atoms with Crippen LogP contribution in [0.15, 0.2) is 115 Å². The van der Waals surface area contributed by atoms with Crippen molar-refractivity contribution in [3.8, 4) is 0 Å². The van der Waals surface area contributed by atoms with E-state index in [9.17, 15) is 14.4 Å². The first-order valence-electron chi connectivity index (χ1n) is 12.0. The molecule has 1 saturated heterocycles. The Balaban J connectivity index is 1.64. The number of urea groups is 1. The fraction of sp³-hybridized carbons (Fsp3) is 0.0312. The largest absolute Gasteiger partial charge is 0.343 e. The number of imide groups is 2. The molecule has 0 aliphatic carbocycles. The maximum absolute atomic E-state index is 13.9. The lowest BCUT2D eigenvalue weighted by Gasteiger charge is -2.34. The average Bonchev–Trinajstić information content (AvgIpc) is 2.94. The summed E-state index contributed by atoms with van der Waals surface area (Å²) in [6.45, 7) is 2.07. The van der Waals surface area contributed by atoms with E-state index in [1.807, 2.05) is 60.7 Å². The highest BCUT2D eigenvalue weighted by molar-refractivity contribution is 6.46. The van der Waals surface area contributed by atoms with Gasteiger partial charge in [0.2, 0.25) is 0 Å². The fourth-order valence-corrected chi connectivity index (χ4v) is 5.02. The molecule has 178 valence electrons. The average molecular weight is 483 g/mol. The second-order valence-electron chi connectivity index (χ2n) is 8.92. The summed E-state index contributed by atoms with van der Waals surface area (Å²) in [4.78, 5) is 43.4. The van der Waals surface area contributed by atoms with Crippen LogP contribution in [0.5, 0.6) is 0 Å². The zero-order valence-electron chi connectivity index (χ0n) is 20.1. The molecule has 0 bridgehead atoms. The SMILES string of the molecule is Cc1c2ccccc2c(C=C2C(=O)N(c3ccccc3)C(=O)N(c3ccccc3)C2=O)c2ccccc12. The Hall–Kier alpha value is -5.03. The van der Waals surface area contributed by atoms with Crippen LogP contribution in [0.4, 0.5) is 16.2 Å². The minimum absolute atomic E-state index is 0.0773. The van der Waals surface area contributed by atoms with E-state index in [0.29, 0.717) is 11.4 Å². The number of carbonyl (C=O) groups is 3. The molecule has 0 saturated carbocycles. The summed E-state index contributed by atoms with van der Waals surface area (Å²) in [5.74, 6) is -1.30. The smallest absolute Gasteiger partial charge is 0.268 e. The Morgan fingerprint density at radius 3 is 1.32 bits per heavy atom. The first kappa shape index (κ1) is 22.4. The Morgan fingerprint density at radius 2 is 0.892 bits per heavy atom. The van der Waals surface area contributed by atoms with Gasteiger partial charge in [-0.25, -0.2) is 14.6 Å². The second kappa shape index (κ2) is 8.88. The summed E-state index contributed by atoms with van der Waals surface area (Å²) < 4.78 is 0. The molecule has 0 atom stereocenters. The van der Waals surface area contributed by atoms with Gasteiger partial charge in [0.05, 0.1) is 11.4 Å². The number of hydrogen-bond donors (Lipinski definition) is 0. The third kappa shape index (κ3) is 3.60. The highest BCUT2D eigenvalue weighted by Crippen LogP contribution is 2.36. The third-order valence-electron chi connectivity index (χ3n) is 6.81. The molecule has 5 heteroatoms. The van der Waals surface area contributed by atoms with Crippen LogP contribution in [0, 0.1) is 6.92 Å². The standard InChI is InChI=1S/C32H22N2O3/c1-21-24-16-8-10-18-26(24)28(27-19-11-9-17-25(21)27)20-29-30(35)33(22-12-4-2-5-13-22)32(37)34(31(29)36)23-14-6-3-7-15-23/h2-20H,1H3. The highest BCUT2D eigenvalue weighted by atomic mass is 16.2. The number of amides is 4. The van der Waals surface area contributed by atoms with Crippen LogP contribution >= 0.6 is 0 Å². The predicted molar refractivity (Wildman–Crippen MR) is 147 cm³/mol. The van der Waals surface area contributed by atoms with Gasteiger partial charge in [0.25, 0.3) is 11.8 Å². The van der Waals surface area contributed by atoms with Crippen molar-refractivity contribution in [3.63, 3.8) is 0 Å². The van der Waals surface area contributed by atoms with Crippen LogP contribution in [0.3, 0.4) is 0 Å². The summed E-state index contributed by atoms with van der Waals surface area (Å²) in [5.41, 5.74) is 2.61. The lowest BCUT2D eigenvalue weighted by atomic mass is 9.91. The molecule has 37 heavy (non-hydrogen) atoms. The van der Waals surface area contributed by atoms with Crippen LogP contribution in [0.25, 0.3) is 27.6 Å². The first-order chi connectivity index (χ1) is 18.1. The molecule has 0 N–H and O–H groups in total. The summed E-state index contributed by atoms with van der Waals surface area (Å²) in [6.07, 6.45) is 1.65. The molecule has 1 aliphatic rings. The summed E-state index contributed by atoms with van der Waals surface area (Å²) in [6, 6.07) is 32.6. The van der Waals surface area contributed by atoms with Gasteiger partial charge < -0.3 is 0 Å². The van der Waals surface area contributed by atoms with Crippen LogP contribution in [0.1, 0.15) is 11.1 Å². The monoisotopic (exact) mass is 482 g/mol. The molecule has 5 aromatic rings. The molecule has 0 radical (unpaired) electrons. The van der Waals surface area contributed by atoms with E-state index in [2.05, 4.69) is 6.92 Å². The molecular formula is C32H22N2O3. The van der Waals surface area contributed by atoms with Crippen molar-refractivity contribution in [1.29, 1.82) is 0 Å². The molecule has 0 unspecified atom stereocenters. The van der Waals surface area contributed by atoms with E-state index < -0.39 is 17.8 Å². The highest BCUT2D eigenvalue weighted by Gasteiger charge is 2.43. The summed E-state index contributed by atoms with van der Waals surface area (Å²) in [7, 11) is 0.